The van der Waals surface area contributed by atoms with Crippen molar-refractivity contribution in [3.63, 3.8) is 0 Å². The van der Waals surface area contributed by atoms with E-state index < -0.39 is 0 Å². The van der Waals surface area contributed by atoms with E-state index in [0.717, 1.165) is 25.3 Å². The Hall–Kier alpha value is -2.01. The minimum Gasteiger partial charge on any atom is -0.494 e. The molecule has 2 rings (SSSR count). The molecule has 0 atom stereocenters. The van der Waals surface area contributed by atoms with E-state index in [4.69, 9.17) is 16.3 Å². The van der Waals surface area contributed by atoms with E-state index in [1.54, 1.807) is 6.20 Å². The molecule has 0 fully saturated rings. The van der Waals surface area contributed by atoms with Crippen molar-refractivity contribution >= 4 is 23.4 Å². The number of nitrogens with one attached hydrogen (secondary N) is 2. The first-order chi connectivity index (χ1) is 10.3. The Balaban J connectivity index is 1.74. The number of halogens is 1. The molecule has 21 heavy (non-hydrogen) atoms. The minimum atomic E-state index is 0.514. The Bertz CT molecular complexity index is 551. The molecule has 0 saturated heterocycles. The van der Waals surface area contributed by atoms with Crippen LogP contribution in [0.5, 0.6) is 5.75 Å². The van der Waals surface area contributed by atoms with Gasteiger partial charge in [0.1, 0.15) is 16.6 Å². The zero-order chi connectivity index (χ0) is 14.9. The van der Waals surface area contributed by atoms with Gasteiger partial charge in [-0.05, 0) is 25.5 Å². The second kappa shape index (κ2) is 8.32. The molecule has 0 amide bonds. The van der Waals surface area contributed by atoms with E-state index in [9.17, 15) is 0 Å². The first kappa shape index (κ1) is 15.4. The highest BCUT2D eigenvalue weighted by Gasteiger charge is 2.04. The van der Waals surface area contributed by atoms with Crippen LogP contribution in [0.3, 0.4) is 0 Å². The average molecular weight is 307 g/mol. The van der Waals surface area contributed by atoms with Gasteiger partial charge in [-0.2, -0.15) is 4.98 Å². The Morgan fingerprint density at radius 1 is 1.19 bits per heavy atom. The number of anilines is 2. The number of nitrogens with zero attached hydrogens (tertiary/aromatic N) is 2. The van der Waals surface area contributed by atoms with Gasteiger partial charge in [-0.1, -0.05) is 29.8 Å². The molecule has 6 heteroatoms. The fourth-order valence-electron chi connectivity index (χ4n) is 1.72. The molecular weight excluding hydrogens is 288 g/mol. The van der Waals surface area contributed by atoms with Crippen molar-refractivity contribution in [3.8, 4) is 5.75 Å². The molecule has 0 aliphatic carbocycles. The predicted molar refractivity (Wildman–Crippen MR) is 86.2 cm³/mol. The fraction of sp³-hybridized carbons (Fsp3) is 0.333. The summed E-state index contributed by atoms with van der Waals surface area (Å²) < 4.78 is 5.62. The topological polar surface area (TPSA) is 59.1 Å². The molecular formula is C15H19ClN4O. The molecule has 1 heterocycles. The van der Waals surface area contributed by atoms with Crippen molar-refractivity contribution in [2.45, 2.75) is 13.3 Å². The number of aromatic nitrogens is 2. The van der Waals surface area contributed by atoms with Crippen molar-refractivity contribution < 1.29 is 4.74 Å². The van der Waals surface area contributed by atoms with Gasteiger partial charge in [-0.3, -0.25) is 0 Å². The lowest BCUT2D eigenvalue weighted by Crippen LogP contribution is -2.10. The number of hydrogen-bond acceptors (Lipinski definition) is 5. The Labute approximate surface area is 129 Å². The summed E-state index contributed by atoms with van der Waals surface area (Å²) in [6, 6.07) is 9.76. The van der Waals surface area contributed by atoms with Gasteiger partial charge in [0.2, 0.25) is 5.95 Å². The molecule has 1 aromatic heterocycles. The maximum absolute atomic E-state index is 6.06. The van der Waals surface area contributed by atoms with Gasteiger partial charge in [0, 0.05) is 13.1 Å². The summed E-state index contributed by atoms with van der Waals surface area (Å²) in [5.41, 5.74) is 0. The summed E-state index contributed by atoms with van der Waals surface area (Å²) in [7, 11) is 0. The average Bonchev–Trinajstić information content (AvgIpc) is 2.51. The molecule has 112 valence electrons. The van der Waals surface area contributed by atoms with E-state index in [-0.39, 0.29) is 0 Å². The standard InChI is InChI=1S/C15H19ClN4O/c1-2-17-15-19-11-13(16)14(20-15)18-9-6-10-21-12-7-4-3-5-8-12/h3-5,7-8,11H,2,6,9-10H2,1H3,(H2,17,18,19,20). The second-order valence-electron chi connectivity index (χ2n) is 4.36. The van der Waals surface area contributed by atoms with Crippen molar-refractivity contribution in [3.05, 3.63) is 41.6 Å². The summed E-state index contributed by atoms with van der Waals surface area (Å²) in [5.74, 6) is 2.10. The van der Waals surface area contributed by atoms with E-state index >= 15 is 0 Å². The van der Waals surface area contributed by atoms with Crippen LogP contribution in [-0.2, 0) is 0 Å². The molecule has 0 bridgehead atoms. The van der Waals surface area contributed by atoms with E-state index in [1.807, 2.05) is 37.3 Å². The van der Waals surface area contributed by atoms with Crippen LogP contribution in [0.4, 0.5) is 11.8 Å². The number of para-hydroxylation sites is 1. The zero-order valence-corrected chi connectivity index (χ0v) is 12.7. The van der Waals surface area contributed by atoms with Crippen LogP contribution in [0.15, 0.2) is 36.5 Å². The van der Waals surface area contributed by atoms with Gasteiger partial charge < -0.3 is 15.4 Å². The summed E-state index contributed by atoms with van der Waals surface area (Å²) in [5, 5.41) is 6.76. The van der Waals surface area contributed by atoms with E-state index in [2.05, 4.69) is 20.6 Å². The largest absolute Gasteiger partial charge is 0.494 e. The lowest BCUT2D eigenvalue weighted by Gasteiger charge is -2.10. The first-order valence-corrected chi connectivity index (χ1v) is 7.35. The lowest BCUT2D eigenvalue weighted by atomic mass is 10.3. The predicted octanol–water partition coefficient (Wildman–Crippen LogP) is 3.44. The summed E-state index contributed by atoms with van der Waals surface area (Å²) in [6.45, 7) is 4.13. The Morgan fingerprint density at radius 3 is 2.76 bits per heavy atom. The SMILES string of the molecule is CCNc1ncc(Cl)c(NCCCOc2ccccc2)n1. The summed E-state index contributed by atoms with van der Waals surface area (Å²) >= 11 is 6.06. The maximum atomic E-state index is 6.06. The minimum absolute atomic E-state index is 0.514. The molecule has 2 N–H and O–H groups in total. The molecule has 0 saturated carbocycles. The number of rotatable bonds is 8. The van der Waals surface area contributed by atoms with Crippen LogP contribution in [-0.4, -0.2) is 29.7 Å². The van der Waals surface area contributed by atoms with Crippen LogP contribution < -0.4 is 15.4 Å². The fourth-order valence-corrected chi connectivity index (χ4v) is 1.88. The third kappa shape index (κ3) is 5.11. The molecule has 2 aromatic rings. The van der Waals surface area contributed by atoms with Crippen LogP contribution >= 0.6 is 11.6 Å². The highest BCUT2D eigenvalue weighted by atomic mass is 35.5. The lowest BCUT2D eigenvalue weighted by molar-refractivity contribution is 0.315. The van der Waals surface area contributed by atoms with Gasteiger partial charge in [0.25, 0.3) is 0 Å². The third-order valence-corrected chi connectivity index (χ3v) is 2.98. The van der Waals surface area contributed by atoms with Gasteiger partial charge in [0.15, 0.2) is 0 Å². The first-order valence-electron chi connectivity index (χ1n) is 6.97. The highest BCUT2D eigenvalue weighted by molar-refractivity contribution is 6.32. The normalized spacial score (nSPS) is 10.2. The Morgan fingerprint density at radius 2 is 2.00 bits per heavy atom. The summed E-state index contributed by atoms with van der Waals surface area (Å²) in [6.07, 6.45) is 2.45. The van der Waals surface area contributed by atoms with Crippen LogP contribution in [0.25, 0.3) is 0 Å². The maximum Gasteiger partial charge on any atom is 0.224 e. The van der Waals surface area contributed by atoms with Gasteiger partial charge >= 0.3 is 0 Å². The monoisotopic (exact) mass is 306 g/mol. The van der Waals surface area contributed by atoms with Gasteiger partial charge in [-0.25, -0.2) is 4.98 Å². The molecule has 0 aliphatic heterocycles. The molecule has 0 spiro atoms. The van der Waals surface area contributed by atoms with Crippen LogP contribution in [0.2, 0.25) is 5.02 Å². The van der Waals surface area contributed by atoms with Crippen LogP contribution in [0.1, 0.15) is 13.3 Å². The van der Waals surface area contributed by atoms with Crippen molar-refractivity contribution in [2.75, 3.05) is 30.3 Å². The smallest absolute Gasteiger partial charge is 0.224 e. The molecule has 0 radical (unpaired) electrons. The number of ether oxygens (including phenoxy) is 1. The quantitative estimate of drug-likeness (QED) is 0.732. The second-order valence-corrected chi connectivity index (χ2v) is 4.77. The molecule has 0 aliphatic rings. The van der Waals surface area contributed by atoms with Crippen molar-refractivity contribution in [2.24, 2.45) is 0 Å². The van der Waals surface area contributed by atoms with Crippen LogP contribution in [0, 0.1) is 0 Å². The zero-order valence-electron chi connectivity index (χ0n) is 12.0. The summed E-state index contributed by atoms with van der Waals surface area (Å²) in [4.78, 5) is 8.41. The van der Waals surface area contributed by atoms with Gasteiger partial charge in [-0.15, -0.1) is 0 Å². The van der Waals surface area contributed by atoms with E-state index in [1.165, 1.54) is 0 Å². The molecule has 0 unspecified atom stereocenters. The third-order valence-electron chi connectivity index (χ3n) is 2.70. The molecule has 5 nitrogen and oxygen atoms in total. The molecule has 1 aromatic carbocycles. The van der Waals surface area contributed by atoms with Crippen molar-refractivity contribution in [1.82, 2.24) is 9.97 Å². The highest BCUT2D eigenvalue weighted by Crippen LogP contribution is 2.19. The Kier molecular flexibility index (Phi) is 6.09. The number of benzene rings is 1. The number of hydrogen-bond donors (Lipinski definition) is 2. The van der Waals surface area contributed by atoms with E-state index in [0.29, 0.717) is 23.4 Å². The van der Waals surface area contributed by atoms with Gasteiger partial charge in [0.05, 0.1) is 12.8 Å². The van der Waals surface area contributed by atoms with Crippen molar-refractivity contribution in [1.29, 1.82) is 0 Å².